The van der Waals surface area contributed by atoms with Crippen molar-refractivity contribution in [1.82, 2.24) is 9.55 Å². The number of nitrogens with zero attached hydrogens (tertiary/aromatic N) is 3. The van der Waals surface area contributed by atoms with Gasteiger partial charge in [-0.1, -0.05) is 6.07 Å². The number of anilines is 1. The molecule has 3 aromatic rings. The normalized spacial score (nSPS) is 14.7. The fourth-order valence-corrected chi connectivity index (χ4v) is 3.89. The smallest absolute Gasteiger partial charge is 0.258 e. The molecule has 1 fully saturated rings. The van der Waals surface area contributed by atoms with Gasteiger partial charge in [-0.3, -0.25) is 9.36 Å². The average Bonchev–Trinajstić information content (AvgIpc) is 2.68. The number of aromatic nitrogens is 2. The van der Waals surface area contributed by atoms with E-state index >= 15 is 0 Å². The van der Waals surface area contributed by atoms with Crippen molar-refractivity contribution in [3.8, 4) is 11.4 Å². The largest absolute Gasteiger partial charge is 0.490 e. The predicted octanol–water partition coefficient (Wildman–Crippen LogP) is 4.18. The summed E-state index contributed by atoms with van der Waals surface area (Å²) in [7, 11) is 0. The van der Waals surface area contributed by atoms with Crippen LogP contribution in [0.5, 0.6) is 5.75 Å². The summed E-state index contributed by atoms with van der Waals surface area (Å²) in [6.07, 6.45) is 1.38. The van der Waals surface area contributed by atoms with Crippen LogP contribution in [0, 0.1) is 25.5 Å². The van der Waals surface area contributed by atoms with E-state index in [2.05, 4.69) is 4.98 Å². The number of piperidine rings is 1. The van der Waals surface area contributed by atoms with Crippen LogP contribution in [0.1, 0.15) is 24.4 Å². The van der Waals surface area contributed by atoms with Crippen molar-refractivity contribution in [1.29, 1.82) is 0 Å². The number of benzene rings is 2. The Morgan fingerprint density at radius 3 is 2.47 bits per heavy atom. The lowest BCUT2D eigenvalue weighted by Crippen LogP contribution is -2.38. The highest BCUT2D eigenvalue weighted by atomic mass is 19.1. The number of halogens is 2. The van der Waals surface area contributed by atoms with Gasteiger partial charge in [-0.05, 0) is 38.1 Å². The van der Waals surface area contributed by atoms with Gasteiger partial charge < -0.3 is 9.64 Å². The van der Waals surface area contributed by atoms with Crippen LogP contribution in [0.25, 0.3) is 5.69 Å². The second-order valence-electron chi connectivity index (χ2n) is 7.52. The van der Waals surface area contributed by atoms with Crippen LogP contribution in [-0.4, -0.2) is 28.7 Å². The molecule has 0 atom stereocenters. The molecule has 0 N–H and O–H groups in total. The van der Waals surface area contributed by atoms with Crippen molar-refractivity contribution < 1.29 is 13.5 Å². The van der Waals surface area contributed by atoms with Gasteiger partial charge in [0.2, 0.25) is 0 Å². The van der Waals surface area contributed by atoms with E-state index in [1.165, 1.54) is 28.8 Å². The van der Waals surface area contributed by atoms with Gasteiger partial charge in [-0.15, -0.1) is 0 Å². The molecule has 0 spiro atoms. The highest BCUT2D eigenvalue weighted by molar-refractivity contribution is 5.53. The van der Waals surface area contributed by atoms with Crippen LogP contribution in [0.3, 0.4) is 0 Å². The van der Waals surface area contributed by atoms with Crippen LogP contribution in [-0.2, 0) is 0 Å². The summed E-state index contributed by atoms with van der Waals surface area (Å²) < 4.78 is 35.5. The maximum atomic E-state index is 14.9. The molecule has 1 aliphatic heterocycles. The van der Waals surface area contributed by atoms with Gasteiger partial charge in [0, 0.05) is 49.8 Å². The van der Waals surface area contributed by atoms with Crippen LogP contribution >= 0.6 is 0 Å². The van der Waals surface area contributed by atoms with E-state index in [4.69, 9.17) is 4.74 Å². The van der Waals surface area contributed by atoms with E-state index < -0.39 is 0 Å². The van der Waals surface area contributed by atoms with Crippen molar-refractivity contribution in [2.24, 2.45) is 0 Å². The van der Waals surface area contributed by atoms with E-state index in [1.54, 1.807) is 38.1 Å². The highest BCUT2D eigenvalue weighted by Gasteiger charge is 2.23. The lowest BCUT2D eigenvalue weighted by Gasteiger charge is -2.34. The zero-order chi connectivity index (χ0) is 21.3. The Kier molecular flexibility index (Phi) is 5.53. The van der Waals surface area contributed by atoms with E-state index in [-0.39, 0.29) is 23.3 Å². The Hall–Kier alpha value is -3.22. The summed E-state index contributed by atoms with van der Waals surface area (Å²) in [6, 6.07) is 12.3. The molecule has 4 rings (SSSR count). The van der Waals surface area contributed by atoms with Gasteiger partial charge in [0.05, 0.1) is 11.4 Å². The first-order valence-corrected chi connectivity index (χ1v) is 9.95. The maximum absolute atomic E-state index is 14.9. The number of ether oxygens (including phenoxy) is 1. The third-order valence-electron chi connectivity index (χ3n) is 5.29. The summed E-state index contributed by atoms with van der Waals surface area (Å²) >= 11 is 0. The summed E-state index contributed by atoms with van der Waals surface area (Å²) in [5.41, 5.74) is 1.35. The molecular formula is C23H23F2N3O2. The molecule has 0 aliphatic carbocycles. The maximum Gasteiger partial charge on any atom is 0.258 e. The Balaban J connectivity index is 1.47. The van der Waals surface area contributed by atoms with Crippen molar-refractivity contribution in [3.63, 3.8) is 0 Å². The minimum atomic E-state index is -0.385. The molecular weight excluding hydrogens is 388 g/mol. The van der Waals surface area contributed by atoms with Crippen molar-refractivity contribution in [2.75, 3.05) is 18.0 Å². The lowest BCUT2D eigenvalue weighted by molar-refractivity contribution is 0.170. The molecule has 0 amide bonds. The molecule has 30 heavy (non-hydrogen) atoms. The molecule has 156 valence electrons. The van der Waals surface area contributed by atoms with Crippen molar-refractivity contribution in [2.45, 2.75) is 32.8 Å². The number of hydrogen-bond acceptors (Lipinski definition) is 4. The van der Waals surface area contributed by atoms with Gasteiger partial charge in [0.25, 0.3) is 5.56 Å². The minimum absolute atomic E-state index is 0.0368. The first kappa shape index (κ1) is 20.1. The topological polar surface area (TPSA) is 47.4 Å². The Labute approximate surface area is 173 Å². The quantitative estimate of drug-likeness (QED) is 0.646. The number of hydrogen-bond donors (Lipinski definition) is 0. The van der Waals surface area contributed by atoms with Crippen LogP contribution < -0.4 is 15.2 Å². The number of rotatable bonds is 4. The fraction of sp³-hybridized carbons (Fsp3) is 0.304. The van der Waals surface area contributed by atoms with Gasteiger partial charge >= 0.3 is 0 Å². The third-order valence-corrected chi connectivity index (χ3v) is 5.29. The molecule has 2 aromatic carbocycles. The Morgan fingerprint density at radius 1 is 1.03 bits per heavy atom. The molecule has 1 aromatic heterocycles. The Morgan fingerprint density at radius 2 is 1.80 bits per heavy atom. The average molecular weight is 411 g/mol. The Bertz CT molecular complexity index is 1120. The molecule has 0 radical (unpaired) electrons. The standard InChI is InChI=1S/C23H23F2N3O2/c1-15-12-23(29)28(16(2)26-15)18-6-7-22(21(25)14-18)27-10-8-19(9-11-27)30-20-5-3-4-17(24)13-20/h3-7,12-14,19H,8-11H2,1-2H3. The van der Waals surface area contributed by atoms with E-state index in [0.29, 0.717) is 54.6 Å². The number of aryl methyl sites for hydroxylation is 2. The molecule has 7 heteroatoms. The van der Waals surface area contributed by atoms with E-state index in [9.17, 15) is 13.6 Å². The lowest BCUT2D eigenvalue weighted by atomic mass is 10.1. The third kappa shape index (κ3) is 4.20. The minimum Gasteiger partial charge on any atom is -0.490 e. The first-order chi connectivity index (χ1) is 14.4. The van der Waals surface area contributed by atoms with Gasteiger partial charge in [-0.25, -0.2) is 13.8 Å². The summed E-state index contributed by atoms with van der Waals surface area (Å²) in [5.74, 6) is 0.313. The van der Waals surface area contributed by atoms with Gasteiger partial charge in [0.15, 0.2) is 0 Å². The van der Waals surface area contributed by atoms with Crippen LogP contribution in [0.15, 0.2) is 53.3 Å². The highest BCUT2D eigenvalue weighted by Crippen LogP contribution is 2.27. The molecule has 0 unspecified atom stereocenters. The summed E-state index contributed by atoms with van der Waals surface area (Å²) in [5, 5.41) is 0. The molecule has 1 aliphatic rings. The second-order valence-corrected chi connectivity index (χ2v) is 7.52. The van der Waals surface area contributed by atoms with Crippen molar-refractivity contribution in [3.05, 3.63) is 82.0 Å². The zero-order valence-electron chi connectivity index (χ0n) is 16.9. The van der Waals surface area contributed by atoms with E-state index in [0.717, 1.165) is 0 Å². The van der Waals surface area contributed by atoms with E-state index in [1.807, 2.05) is 4.90 Å². The predicted molar refractivity (Wildman–Crippen MR) is 112 cm³/mol. The molecule has 2 heterocycles. The molecule has 0 saturated carbocycles. The van der Waals surface area contributed by atoms with Gasteiger partial charge in [-0.2, -0.15) is 0 Å². The second kappa shape index (κ2) is 8.26. The summed E-state index contributed by atoms with van der Waals surface area (Å²) in [4.78, 5) is 18.6. The monoisotopic (exact) mass is 411 g/mol. The van der Waals surface area contributed by atoms with Gasteiger partial charge in [0.1, 0.15) is 29.3 Å². The fourth-order valence-electron chi connectivity index (χ4n) is 3.89. The van der Waals surface area contributed by atoms with Crippen molar-refractivity contribution >= 4 is 5.69 Å². The molecule has 0 bridgehead atoms. The van der Waals surface area contributed by atoms with Crippen LogP contribution in [0.2, 0.25) is 0 Å². The summed E-state index contributed by atoms with van der Waals surface area (Å²) in [6.45, 7) is 4.73. The zero-order valence-corrected chi connectivity index (χ0v) is 16.9. The SMILES string of the molecule is Cc1cc(=O)n(-c2ccc(N3CCC(Oc4cccc(F)c4)CC3)c(F)c2)c(C)n1. The first-order valence-electron chi connectivity index (χ1n) is 9.95. The molecule has 1 saturated heterocycles. The molecule has 5 nitrogen and oxygen atoms in total. The van der Waals surface area contributed by atoms with Crippen LogP contribution in [0.4, 0.5) is 14.5 Å².